The topological polar surface area (TPSA) is 19.4 Å². The minimum Gasteiger partial charge on any atom is -0.363 e. The average Bonchev–Trinajstić information content (AvgIpc) is 2.32. The molecule has 0 atom stereocenters. The number of likely N-dealkylation sites (tertiary alicyclic amines) is 1. The second kappa shape index (κ2) is 7.23. The van der Waals surface area contributed by atoms with Gasteiger partial charge in [0.1, 0.15) is 5.82 Å². The SMILES string of the molecule is CN(C)c1ccccn1.CN1CCCCC1. The lowest BCUT2D eigenvalue weighted by molar-refractivity contribution is 0.277. The van der Waals surface area contributed by atoms with Gasteiger partial charge in [0.25, 0.3) is 0 Å². The van der Waals surface area contributed by atoms with Crippen molar-refractivity contribution in [3.8, 4) is 0 Å². The zero-order valence-electron chi connectivity index (χ0n) is 10.7. The molecule has 1 aromatic rings. The summed E-state index contributed by atoms with van der Waals surface area (Å²) in [6.07, 6.45) is 6.06. The highest BCUT2D eigenvalue weighted by Crippen LogP contribution is 2.04. The molecule has 2 heterocycles. The molecule has 2 rings (SSSR count). The fraction of sp³-hybridized carbons (Fsp3) is 0.615. The molecule has 1 aromatic heterocycles. The fourth-order valence-corrected chi connectivity index (χ4v) is 1.67. The molecule has 0 aliphatic carbocycles. The largest absolute Gasteiger partial charge is 0.363 e. The predicted molar refractivity (Wildman–Crippen MR) is 69.9 cm³/mol. The van der Waals surface area contributed by atoms with Crippen LogP contribution < -0.4 is 4.90 Å². The van der Waals surface area contributed by atoms with Crippen LogP contribution in [0.5, 0.6) is 0 Å². The Kier molecular flexibility index (Phi) is 5.86. The Hall–Kier alpha value is -1.09. The van der Waals surface area contributed by atoms with Crippen molar-refractivity contribution in [3.05, 3.63) is 24.4 Å². The lowest BCUT2D eigenvalue weighted by Gasteiger charge is -2.20. The van der Waals surface area contributed by atoms with Gasteiger partial charge in [-0.2, -0.15) is 0 Å². The molecule has 90 valence electrons. The van der Waals surface area contributed by atoms with Gasteiger partial charge in [-0.1, -0.05) is 12.5 Å². The number of nitrogens with zero attached hydrogens (tertiary/aromatic N) is 3. The Morgan fingerprint density at radius 1 is 1.12 bits per heavy atom. The second-order valence-electron chi connectivity index (χ2n) is 4.45. The van der Waals surface area contributed by atoms with Crippen LogP contribution in [-0.2, 0) is 0 Å². The van der Waals surface area contributed by atoms with Gasteiger partial charge in [-0.05, 0) is 45.1 Å². The van der Waals surface area contributed by atoms with Gasteiger partial charge in [0.2, 0.25) is 0 Å². The van der Waals surface area contributed by atoms with Gasteiger partial charge in [-0.25, -0.2) is 4.98 Å². The maximum absolute atomic E-state index is 4.10. The average molecular weight is 221 g/mol. The molecular weight excluding hydrogens is 198 g/mol. The molecule has 0 spiro atoms. The molecule has 3 heteroatoms. The van der Waals surface area contributed by atoms with Crippen molar-refractivity contribution in [2.45, 2.75) is 19.3 Å². The van der Waals surface area contributed by atoms with Crippen molar-refractivity contribution in [3.63, 3.8) is 0 Å². The van der Waals surface area contributed by atoms with E-state index in [1.165, 1.54) is 32.4 Å². The Morgan fingerprint density at radius 3 is 2.12 bits per heavy atom. The summed E-state index contributed by atoms with van der Waals surface area (Å²) in [6.45, 7) is 2.64. The minimum absolute atomic E-state index is 0.998. The maximum Gasteiger partial charge on any atom is 0.127 e. The van der Waals surface area contributed by atoms with Gasteiger partial charge in [-0.3, -0.25) is 0 Å². The Morgan fingerprint density at radius 2 is 1.81 bits per heavy atom. The first-order valence-electron chi connectivity index (χ1n) is 5.97. The summed E-state index contributed by atoms with van der Waals surface area (Å²) in [4.78, 5) is 8.47. The first-order valence-corrected chi connectivity index (χ1v) is 5.97. The van der Waals surface area contributed by atoms with Crippen molar-refractivity contribution in [2.75, 3.05) is 39.1 Å². The summed E-state index contributed by atoms with van der Waals surface area (Å²) >= 11 is 0. The zero-order chi connectivity index (χ0) is 11.8. The third-order valence-corrected chi connectivity index (χ3v) is 2.69. The van der Waals surface area contributed by atoms with E-state index in [0.29, 0.717) is 0 Å². The third-order valence-electron chi connectivity index (χ3n) is 2.69. The van der Waals surface area contributed by atoms with E-state index in [1.807, 2.05) is 37.2 Å². The fourth-order valence-electron chi connectivity index (χ4n) is 1.67. The molecule has 0 N–H and O–H groups in total. The van der Waals surface area contributed by atoms with Crippen LogP contribution in [0.2, 0.25) is 0 Å². The molecule has 1 aliphatic rings. The monoisotopic (exact) mass is 221 g/mol. The Balaban J connectivity index is 0.000000165. The van der Waals surface area contributed by atoms with Gasteiger partial charge >= 0.3 is 0 Å². The first kappa shape index (κ1) is 13.0. The van der Waals surface area contributed by atoms with E-state index in [2.05, 4.69) is 16.9 Å². The van der Waals surface area contributed by atoms with Crippen molar-refractivity contribution in [2.24, 2.45) is 0 Å². The molecule has 1 fully saturated rings. The number of rotatable bonds is 1. The highest BCUT2D eigenvalue weighted by atomic mass is 15.1. The van der Waals surface area contributed by atoms with Crippen LogP contribution in [-0.4, -0.2) is 44.1 Å². The summed E-state index contributed by atoms with van der Waals surface area (Å²) < 4.78 is 0. The summed E-state index contributed by atoms with van der Waals surface area (Å²) in [5.41, 5.74) is 0. The van der Waals surface area contributed by atoms with E-state index in [4.69, 9.17) is 0 Å². The number of pyridine rings is 1. The highest BCUT2D eigenvalue weighted by molar-refractivity contribution is 5.34. The van der Waals surface area contributed by atoms with Crippen LogP contribution >= 0.6 is 0 Å². The first-order chi connectivity index (χ1) is 7.70. The van der Waals surface area contributed by atoms with E-state index in [-0.39, 0.29) is 0 Å². The Labute approximate surface area is 99.1 Å². The number of anilines is 1. The number of hydrogen-bond donors (Lipinski definition) is 0. The molecule has 0 unspecified atom stereocenters. The van der Waals surface area contributed by atoms with Crippen LogP contribution in [0.3, 0.4) is 0 Å². The zero-order valence-corrected chi connectivity index (χ0v) is 10.7. The van der Waals surface area contributed by atoms with Crippen molar-refractivity contribution in [1.29, 1.82) is 0 Å². The molecule has 0 radical (unpaired) electrons. The number of hydrogen-bond acceptors (Lipinski definition) is 3. The van der Waals surface area contributed by atoms with E-state index < -0.39 is 0 Å². The summed E-state index contributed by atoms with van der Waals surface area (Å²) in [6, 6.07) is 5.86. The van der Waals surface area contributed by atoms with E-state index in [1.54, 1.807) is 6.20 Å². The molecular formula is C13H23N3. The van der Waals surface area contributed by atoms with Gasteiger partial charge in [-0.15, -0.1) is 0 Å². The van der Waals surface area contributed by atoms with Crippen LogP contribution in [0.1, 0.15) is 19.3 Å². The van der Waals surface area contributed by atoms with Crippen molar-refractivity contribution >= 4 is 5.82 Å². The smallest absolute Gasteiger partial charge is 0.127 e. The maximum atomic E-state index is 4.10. The van der Waals surface area contributed by atoms with Gasteiger partial charge in [0.05, 0.1) is 0 Å². The normalized spacial score (nSPS) is 16.2. The van der Waals surface area contributed by atoms with Gasteiger partial charge < -0.3 is 9.80 Å². The van der Waals surface area contributed by atoms with Crippen molar-refractivity contribution in [1.82, 2.24) is 9.88 Å². The van der Waals surface area contributed by atoms with E-state index in [0.717, 1.165) is 5.82 Å². The standard InChI is InChI=1S/C7H10N2.C6H13N/c1-9(2)7-5-3-4-6-8-7;1-7-5-3-2-4-6-7/h3-6H,1-2H3;2-6H2,1H3. The van der Waals surface area contributed by atoms with Crippen LogP contribution in [0.25, 0.3) is 0 Å². The van der Waals surface area contributed by atoms with Gasteiger partial charge in [0.15, 0.2) is 0 Å². The predicted octanol–water partition coefficient (Wildman–Crippen LogP) is 2.25. The number of piperidine rings is 1. The van der Waals surface area contributed by atoms with E-state index in [9.17, 15) is 0 Å². The second-order valence-corrected chi connectivity index (χ2v) is 4.45. The molecule has 3 nitrogen and oxygen atoms in total. The molecule has 1 saturated heterocycles. The molecule has 0 amide bonds. The third kappa shape index (κ3) is 5.12. The molecule has 1 aliphatic heterocycles. The summed E-state index contributed by atoms with van der Waals surface area (Å²) in [5, 5.41) is 0. The summed E-state index contributed by atoms with van der Waals surface area (Å²) in [5.74, 6) is 0.998. The molecule has 0 saturated carbocycles. The highest BCUT2D eigenvalue weighted by Gasteiger charge is 2.02. The summed E-state index contributed by atoms with van der Waals surface area (Å²) in [7, 11) is 6.14. The Bertz CT molecular complexity index is 266. The molecule has 0 aromatic carbocycles. The van der Waals surface area contributed by atoms with Crippen LogP contribution in [0.15, 0.2) is 24.4 Å². The van der Waals surface area contributed by atoms with Crippen LogP contribution in [0.4, 0.5) is 5.82 Å². The quantitative estimate of drug-likeness (QED) is 0.725. The number of aromatic nitrogens is 1. The van der Waals surface area contributed by atoms with Crippen molar-refractivity contribution < 1.29 is 0 Å². The van der Waals surface area contributed by atoms with Gasteiger partial charge in [0, 0.05) is 20.3 Å². The molecule has 16 heavy (non-hydrogen) atoms. The minimum atomic E-state index is 0.998. The lowest BCUT2D eigenvalue weighted by atomic mass is 10.1. The lowest BCUT2D eigenvalue weighted by Crippen LogP contribution is -2.24. The molecule has 0 bridgehead atoms. The van der Waals surface area contributed by atoms with Crippen LogP contribution in [0, 0.1) is 0 Å². The van der Waals surface area contributed by atoms with E-state index >= 15 is 0 Å².